The predicted octanol–water partition coefficient (Wildman–Crippen LogP) is 4.09. The molecule has 86 valence electrons. The van der Waals surface area contributed by atoms with Gasteiger partial charge >= 0.3 is 0 Å². The van der Waals surface area contributed by atoms with E-state index in [9.17, 15) is 0 Å². The van der Waals surface area contributed by atoms with E-state index in [2.05, 4.69) is 23.9 Å². The van der Waals surface area contributed by atoms with Crippen molar-refractivity contribution in [1.29, 1.82) is 0 Å². The number of benzene rings is 1. The molecule has 1 aromatic carbocycles. The van der Waals surface area contributed by atoms with Gasteiger partial charge < -0.3 is 4.74 Å². The van der Waals surface area contributed by atoms with E-state index in [1.165, 1.54) is 0 Å². The van der Waals surface area contributed by atoms with Crippen LogP contribution in [0.3, 0.4) is 0 Å². The van der Waals surface area contributed by atoms with Crippen molar-refractivity contribution in [2.24, 2.45) is 11.0 Å². The number of ether oxygens (including phenoxy) is 1. The first-order chi connectivity index (χ1) is 7.63. The molecule has 0 N–H and O–H groups in total. The highest BCUT2D eigenvalue weighted by Gasteiger charge is 2.03. The average Bonchev–Trinajstić information content (AvgIpc) is 2.27. The molecule has 0 saturated carbocycles. The molecule has 1 atom stereocenters. The topological polar surface area (TPSA) is 58.0 Å². The Hall–Kier alpha value is -1.67. The molecule has 4 heteroatoms. The van der Waals surface area contributed by atoms with Gasteiger partial charge in [0.05, 0.1) is 12.6 Å². The van der Waals surface area contributed by atoms with Crippen molar-refractivity contribution >= 4 is 0 Å². The normalized spacial score (nSPS) is 12.0. The van der Waals surface area contributed by atoms with Crippen molar-refractivity contribution in [3.8, 4) is 5.75 Å². The minimum Gasteiger partial charge on any atom is -0.493 e. The number of nitrogens with zero attached hydrogens (tertiary/aromatic N) is 3. The highest BCUT2D eigenvalue weighted by atomic mass is 16.5. The summed E-state index contributed by atoms with van der Waals surface area (Å²) in [6.45, 7) is 6.80. The maximum atomic E-state index is 8.33. The van der Waals surface area contributed by atoms with Gasteiger partial charge in [-0.25, -0.2) is 0 Å². The molecule has 0 spiro atoms. The van der Waals surface area contributed by atoms with E-state index in [4.69, 9.17) is 10.3 Å². The van der Waals surface area contributed by atoms with Crippen molar-refractivity contribution in [3.63, 3.8) is 0 Å². The molecule has 16 heavy (non-hydrogen) atoms. The molecule has 0 fully saturated rings. The smallest absolute Gasteiger partial charge is 0.119 e. The lowest BCUT2D eigenvalue weighted by atomic mass is 10.1. The van der Waals surface area contributed by atoms with Gasteiger partial charge in [-0.05, 0) is 29.1 Å². The summed E-state index contributed by atoms with van der Waals surface area (Å²) in [7, 11) is 0. The van der Waals surface area contributed by atoms with Gasteiger partial charge in [0.15, 0.2) is 0 Å². The fraction of sp³-hybridized carbons (Fsp3) is 0.500. The number of hydrogen-bond donors (Lipinski definition) is 0. The van der Waals surface area contributed by atoms with Crippen molar-refractivity contribution in [2.75, 3.05) is 6.61 Å². The Kier molecular flexibility index (Phi) is 4.67. The van der Waals surface area contributed by atoms with E-state index < -0.39 is 0 Å². The lowest BCUT2D eigenvalue weighted by molar-refractivity contribution is 0.271. The zero-order valence-corrected chi connectivity index (χ0v) is 9.92. The highest BCUT2D eigenvalue weighted by Crippen LogP contribution is 2.20. The Bertz CT molecular complexity index is 366. The Morgan fingerprint density at radius 3 is 2.38 bits per heavy atom. The van der Waals surface area contributed by atoms with Crippen molar-refractivity contribution in [3.05, 3.63) is 40.3 Å². The van der Waals surface area contributed by atoms with Crippen LogP contribution in [-0.2, 0) is 0 Å². The van der Waals surface area contributed by atoms with Gasteiger partial charge in [-0.15, -0.1) is 0 Å². The minimum atomic E-state index is -0.135. The van der Waals surface area contributed by atoms with E-state index in [1.54, 1.807) is 0 Å². The van der Waals surface area contributed by atoms with Crippen LogP contribution in [0.15, 0.2) is 29.4 Å². The summed E-state index contributed by atoms with van der Waals surface area (Å²) in [6.07, 6.45) is 0. The molecule has 4 nitrogen and oxygen atoms in total. The second-order valence-corrected chi connectivity index (χ2v) is 4.15. The first-order valence-electron chi connectivity index (χ1n) is 5.40. The fourth-order valence-electron chi connectivity index (χ4n) is 1.25. The van der Waals surface area contributed by atoms with Crippen LogP contribution in [0.25, 0.3) is 10.4 Å². The minimum absolute atomic E-state index is 0.135. The molecule has 0 heterocycles. The number of rotatable bonds is 5. The Balaban J connectivity index is 2.64. The fourth-order valence-corrected chi connectivity index (χ4v) is 1.25. The summed E-state index contributed by atoms with van der Waals surface area (Å²) < 4.78 is 5.56. The van der Waals surface area contributed by atoms with Crippen LogP contribution in [0, 0.1) is 5.92 Å². The average molecular weight is 219 g/mol. The molecule has 0 radical (unpaired) electrons. The Morgan fingerprint density at radius 1 is 1.25 bits per heavy atom. The maximum Gasteiger partial charge on any atom is 0.119 e. The van der Waals surface area contributed by atoms with Crippen LogP contribution < -0.4 is 4.74 Å². The standard InChI is InChI=1S/C12H17N3O/c1-9(2)8-16-12-6-4-11(5-7-12)10(3)14-15-13/h4-7,9-10H,8H2,1-3H3/t10-/m0/s1. The molecule has 0 saturated heterocycles. The van der Waals surface area contributed by atoms with E-state index >= 15 is 0 Å². The highest BCUT2D eigenvalue weighted by molar-refractivity contribution is 5.28. The van der Waals surface area contributed by atoms with E-state index in [1.807, 2.05) is 31.2 Å². The molecule has 0 aliphatic heterocycles. The molecule has 0 bridgehead atoms. The quantitative estimate of drug-likeness (QED) is 0.418. The molecular formula is C12H17N3O. The molecule has 0 aliphatic rings. The molecule has 1 rings (SSSR count). The van der Waals surface area contributed by atoms with Gasteiger partial charge in [0, 0.05) is 4.91 Å². The van der Waals surface area contributed by atoms with Crippen molar-refractivity contribution in [1.82, 2.24) is 0 Å². The molecule has 0 aromatic heterocycles. The molecule has 0 aliphatic carbocycles. The molecule has 0 unspecified atom stereocenters. The lowest BCUT2D eigenvalue weighted by Crippen LogP contribution is -2.04. The molecular weight excluding hydrogens is 202 g/mol. The predicted molar refractivity (Wildman–Crippen MR) is 64.3 cm³/mol. The van der Waals surface area contributed by atoms with Crippen LogP contribution in [0.2, 0.25) is 0 Å². The van der Waals surface area contributed by atoms with Crippen LogP contribution in [-0.4, -0.2) is 6.61 Å². The summed E-state index contributed by atoms with van der Waals surface area (Å²) in [6, 6.07) is 7.52. The first-order valence-corrected chi connectivity index (χ1v) is 5.40. The van der Waals surface area contributed by atoms with Crippen LogP contribution in [0.4, 0.5) is 0 Å². The summed E-state index contributed by atoms with van der Waals surface area (Å²) >= 11 is 0. The Labute approximate surface area is 95.9 Å². The van der Waals surface area contributed by atoms with Crippen molar-refractivity contribution in [2.45, 2.75) is 26.8 Å². The zero-order chi connectivity index (χ0) is 12.0. The van der Waals surface area contributed by atoms with Gasteiger partial charge in [-0.1, -0.05) is 38.0 Å². The van der Waals surface area contributed by atoms with E-state index in [0.717, 1.165) is 11.3 Å². The third-order valence-electron chi connectivity index (χ3n) is 2.17. The zero-order valence-electron chi connectivity index (χ0n) is 9.92. The summed E-state index contributed by atoms with van der Waals surface area (Å²) in [5.74, 6) is 1.37. The SMILES string of the molecule is CC(C)COc1ccc([C@H](C)N=[N+]=[N-])cc1. The van der Waals surface area contributed by atoms with Gasteiger partial charge in [0.1, 0.15) is 5.75 Å². The van der Waals surface area contributed by atoms with Gasteiger partial charge in [0.25, 0.3) is 0 Å². The molecule has 1 aromatic rings. The second kappa shape index (κ2) is 6.03. The first kappa shape index (κ1) is 12.4. The van der Waals surface area contributed by atoms with Crippen molar-refractivity contribution < 1.29 is 4.74 Å². The van der Waals surface area contributed by atoms with E-state index in [0.29, 0.717) is 12.5 Å². The lowest BCUT2D eigenvalue weighted by Gasteiger charge is -2.10. The van der Waals surface area contributed by atoms with Crippen LogP contribution >= 0.6 is 0 Å². The largest absolute Gasteiger partial charge is 0.493 e. The second-order valence-electron chi connectivity index (χ2n) is 4.15. The van der Waals surface area contributed by atoms with Crippen LogP contribution in [0.5, 0.6) is 5.75 Å². The van der Waals surface area contributed by atoms with Gasteiger partial charge in [-0.2, -0.15) is 0 Å². The van der Waals surface area contributed by atoms with Gasteiger partial charge in [-0.3, -0.25) is 0 Å². The number of hydrogen-bond acceptors (Lipinski definition) is 2. The monoisotopic (exact) mass is 219 g/mol. The maximum absolute atomic E-state index is 8.33. The third kappa shape index (κ3) is 3.83. The summed E-state index contributed by atoms with van der Waals surface area (Å²) in [5, 5.41) is 3.64. The Morgan fingerprint density at radius 2 is 1.88 bits per heavy atom. The van der Waals surface area contributed by atoms with Gasteiger partial charge in [0.2, 0.25) is 0 Å². The third-order valence-corrected chi connectivity index (χ3v) is 2.17. The van der Waals surface area contributed by atoms with E-state index in [-0.39, 0.29) is 6.04 Å². The number of azide groups is 1. The van der Waals surface area contributed by atoms with Crippen LogP contribution in [0.1, 0.15) is 32.4 Å². The summed E-state index contributed by atoms with van der Waals surface area (Å²) in [4.78, 5) is 2.79. The summed E-state index contributed by atoms with van der Waals surface area (Å²) in [5.41, 5.74) is 9.33. The molecule has 0 amide bonds.